The molecule has 0 aliphatic heterocycles. The number of rotatable bonds is 2. The number of aromatic amines is 1. The highest BCUT2D eigenvalue weighted by Gasteiger charge is 2.09. The highest BCUT2D eigenvalue weighted by molar-refractivity contribution is 9.10. The van der Waals surface area contributed by atoms with Crippen molar-refractivity contribution in [3.8, 4) is 0 Å². The number of hydrogen-bond donors (Lipinski definition) is 1. The Kier molecular flexibility index (Phi) is 3.38. The number of aromatic nitrogens is 1. The fraction of sp³-hybridized carbons (Fsp3) is 0.0833. The Morgan fingerprint density at radius 1 is 1.24 bits per heavy atom. The number of nitrogens with one attached hydrogen (secondary N) is 1. The third-order valence-electron chi connectivity index (χ3n) is 2.36. The van der Waals surface area contributed by atoms with Crippen LogP contribution in [0.3, 0.4) is 0 Å². The number of benzene rings is 1. The largest absolute Gasteiger partial charge is 0.328 e. The summed E-state index contributed by atoms with van der Waals surface area (Å²) in [4.78, 5) is 13.6. The van der Waals surface area contributed by atoms with Gasteiger partial charge in [0.05, 0.1) is 4.47 Å². The van der Waals surface area contributed by atoms with Crippen LogP contribution < -0.4 is 5.56 Å². The van der Waals surface area contributed by atoms with Crippen LogP contribution in [-0.2, 0) is 6.42 Å². The highest BCUT2D eigenvalue weighted by atomic mass is 79.9. The molecule has 0 aliphatic carbocycles. The van der Waals surface area contributed by atoms with Gasteiger partial charge < -0.3 is 4.98 Å². The summed E-state index contributed by atoms with van der Waals surface area (Å²) in [5.41, 5.74) is 0.342. The highest BCUT2D eigenvalue weighted by Crippen LogP contribution is 2.17. The molecule has 1 aromatic heterocycles. The fourth-order valence-electron chi connectivity index (χ4n) is 1.50. The Bertz CT molecular complexity index is 589. The molecular formula is C12H8BrF2NO. The maximum absolute atomic E-state index is 13.4. The van der Waals surface area contributed by atoms with Crippen molar-refractivity contribution in [1.29, 1.82) is 0 Å². The van der Waals surface area contributed by atoms with E-state index in [0.717, 1.165) is 0 Å². The molecule has 0 bridgehead atoms. The Morgan fingerprint density at radius 3 is 2.47 bits per heavy atom. The molecule has 17 heavy (non-hydrogen) atoms. The van der Waals surface area contributed by atoms with Crippen LogP contribution in [0.2, 0.25) is 0 Å². The zero-order chi connectivity index (χ0) is 12.4. The summed E-state index contributed by atoms with van der Waals surface area (Å²) < 4.78 is 27.1. The molecule has 1 heterocycles. The van der Waals surface area contributed by atoms with Crippen LogP contribution in [0, 0.1) is 11.6 Å². The van der Waals surface area contributed by atoms with Crippen LogP contribution in [-0.4, -0.2) is 4.98 Å². The number of H-pyrrole nitrogens is 1. The first kappa shape index (κ1) is 12.0. The fourth-order valence-corrected chi connectivity index (χ4v) is 1.91. The lowest BCUT2D eigenvalue weighted by molar-refractivity contribution is 0.561. The van der Waals surface area contributed by atoms with Crippen LogP contribution in [0.15, 0.2) is 39.7 Å². The van der Waals surface area contributed by atoms with Gasteiger partial charge in [-0.25, -0.2) is 8.78 Å². The second kappa shape index (κ2) is 4.79. The van der Waals surface area contributed by atoms with Crippen molar-refractivity contribution in [2.45, 2.75) is 6.42 Å². The first-order chi connectivity index (χ1) is 8.08. The molecule has 5 heteroatoms. The van der Waals surface area contributed by atoms with Gasteiger partial charge in [-0.2, -0.15) is 0 Å². The molecular weight excluding hydrogens is 292 g/mol. The van der Waals surface area contributed by atoms with Crippen LogP contribution in [0.4, 0.5) is 8.78 Å². The summed E-state index contributed by atoms with van der Waals surface area (Å²) in [6.45, 7) is 0. The molecule has 0 atom stereocenters. The molecule has 0 fully saturated rings. The molecule has 2 aromatic rings. The van der Waals surface area contributed by atoms with E-state index in [9.17, 15) is 13.6 Å². The molecule has 0 radical (unpaired) electrons. The Morgan fingerprint density at radius 2 is 1.88 bits per heavy atom. The van der Waals surface area contributed by atoms with Crippen molar-refractivity contribution < 1.29 is 8.78 Å². The lowest BCUT2D eigenvalue weighted by Crippen LogP contribution is -2.07. The van der Waals surface area contributed by atoms with Gasteiger partial charge in [0.25, 0.3) is 5.56 Å². The van der Waals surface area contributed by atoms with Crippen molar-refractivity contribution in [2.75, 3.05) is 0 Å². The lowest BCUT2D eigenvalue weighted by Gasteiger charge is -2.05. The molecule has 0 saturated heterocycles. The van der Waals surface area contributed by atoms with Crippen molar-refractivity contribution in [3.05, 3.63) is 68.1 Å². The molecule has 0 saturated carbocycles. The van der Waals surface area contributed by atoms with E-state index in [1.807, 2.05) is 0 Å². The molecule has 2 rings (SSSR count). The minimum Gasteiger partial charge on any atom is -0.328 e. The summed E-state index contributed by atoms with van der Waals surface area (Å²) in [6.07, 6.45) is 1.53. The maximum Gasteiger partial charge on any atom is 0.262 e. The van der Waals surface area contributed by atoms with E-state index in [1.54, 1.807) is 6.07 Å². The van der Waals surface area contributed by atoms with E-state index < -0.39 is 11.6 Å². The standard InChI is InChI=1S/C12H8BrF2NO/c13-9-5-7(6-16-12(9)17)4-8-10(14)2-1-3-11(8)15/h1-3,5-6H,4H2,(H,16,17). The third kappa shape index (κ3) is 2.61. The number of pyridine rings is 1. The number of halogens is 3. The second-order valence-corrected chi connectivity index (χ2v) is 4.42. The average Bonchev–Trinajstić information content (AvgIpc) is 2.28. The van der Waals surface area contributed by atoms with E-state index in [4.69, 9.17) is 0 Å². The van der Waals surface area contributed by atoms with Crippen LogP contribution in [0.25, 0.3) is 0 Å². The van der Waals surface area contributed by atoms with Gasteiger partial charge in [-0.15, -0.1) is 0 Å². The Balaban J connectivity index is 2.38. The van der Waals surface area contributed by atoms with Crippen molar-refractivity contribution in [3.63, 3.8) is 0 Å². The van der Waals surface area contributed by atoms with E-state index in [2.05, 4.69) is 20.9 Å². The zero-order valence-electron chi connectivity index (χ0n) is 8.64. The molecule has 1 N–H and O–H groups in total. The van der Waals surface area contributed by atoms with Gasteiger partial charge in [-0.05, 0) is 39.7 Å². The van der Waals surface area contributed by atoms with Gasteiger partial charge in [0.15, 0.2) is 0 Å². The van der Waals surface area contributed by atoms with Gasteiger partial charge in [0, 0.05) is 18.2 Å². The van der Waals surface area contributed by atoms with Gasteiger partial charge in [0.2, 0.25) is 0 Å². The van der Waals surface area contributed by atoms with E-state index in [1.165, 1.54) is 24.4 Å². The summed E-state index contributed by atoms with van der Waals surface area (Å²) in [5, 5.41) is 0. The summed E-state index contributed by atoms with van der Waals surface area (Å²) >= 11 is 3.07. The van der Waals surface area contributed by atoms with Crippen molar-refractivity contribution >= 4 is 15.9 Å². The van der Waals surface area contributed by atoms with Crippen molar-refractivity contribution in [1.82, 2.24) is 4.98 Å². The summed E-state index contributed by atoms with van der Waals surface area (Å²) in [6, 6.07) is 5.28. The molecule has 0 aliphatic rings. The van der Waals surface area contributed by atoms with Crippen LogP contribution in [0.5, 0.6) is 0 Å². The van der Waals surface area contributed by atoms with Gasteiger partial charge in [-0.1, -0.05) is 6.07 Å². The average molecular weight is 300 g/mol. The van der Waals surface area contributed by atoms with Gasteiger partial charge >= 0.3 is 0 Å². The molecule has 0 spiro atoms. The first-order valence-corrected chi connectivity index (χ1v) is 5.67. The predicted molar refractivity (Wildman–Crippen MR) is 63.9 cm³/mol. The van der Waals surface area contributed by atoms with Crippen molar-refractivity contribution in [2.24, 2.45) is 0 Å². The lowest BCUT2D eigenvalue weighted by atomic mass is 10.1. The zero-order valence-corrected chi connectivity index (χ0v) is 10.2. The molecule has 88 valence electrons. The molecule has 0 unspecified atom stereocenters. The van der Waals surface area contributed by atoms with E-state index in [0.29, 0.717) is 10.0 Å². The third-order valence-corrected chi connectivity index (χ3v) is 2.95. The van der Waals surface area contributed by atoms with Gasteiger partial charge in [0.1, 0.15) is 11.6 Å². The quantitative estimate of drug-likeness (QED) is 0.908. The minimum atomic E-state index is -0.590. The smallest absolute Gasteiger partial charge is 0.262 e. The normalized spacial score (nSPS) is 10.5. The van der Waals surface area contributed by atoms with Crippen LogP contribution >= 0.6 is 15.9 Å². The molecule has 0 amide bonds. The summed E-state index contributed by atoms with van der Waals surface area (Å²) in [7, 11) is 0. The minimum absolute atomic E-state index is 0.00792. The second-order valence-electron chi connectivity index (χ2n) is 3.56. The van der Waals surface area contributed by atoms with Crippen LogP contribution in [0.1, 0.15) is 11.1 Å². The van der Waals surface area contributed by atoms with Gasteiger partial charge in [-0.3, -0.25) is 4.79 Å². The first-order valence-electron chi connectivity index (χ1n) is 4.88. The predicted octanol–water partition coefficient (Wildman–Crippen LogP) is 3.01. The summed E-state index contributed by atoms with van der Waals surface area (Å²) in [5.74, 6) is -1.18. The van der Waals surface area contributed by atoms with E-state index in [-0.39, 0.29) is 17.5 Å². The molecule has 2 nitrogen and oxygen atoms in total. The Labute approximate surface area is 104 Å². The molecule has 1 aromatic carbocycles. The number of hydrogen-bond acceptors (Lipinski definition) is 1. The monoisotopic (exact) mass is 299 g/mol. The SMILES string of the molecule is O=c1[nH]cc(Cc2c(F)cccc2F)cc1Br. The maximum atomic E-state index is 13.4. The Hall–Kier alpha value is -1.49. The van der Waals surface area contributed by atoms with E-state index >= 15 is 0 Å². The topological polar surface area (TPSA) is 32.9 Å².